The van der Waals surface area contributed by atoms with Crippen molar-refractivity contribution in [1.29, 1.82) is 0 Å². The van der Waals surface area contributed by atoms with Gasteiger partial charge >= 0.3 is 0 Å². The number of benzene rings is 2. The highest BCUT2D eigenvalue weighted by atomic mass is 35.5. The van der Waals surface area contributed by atoms with Gasteiger partial charge in [0.25, 0.3) is 0 Å². The van der Waals surface area contributed by atoms with Crippen molar-refractivity contribution in [1.82, 2.24) is 9.97 Å². The van der Waals surface area contributed by atoms with Crippen LogP contribution in [0.5, 0.6) is 0 Å². The summed E-state index contributed by atoms with van der Waals surface area (Å²) in [7, 11) is 0. The number of pyridine rings is 1. The first-order chi connectivity index (χ1) is 14.2. The van der Waals surface area contributed by atoms with Crippen LogP contribution in [0.1, 0.15) is 13.8 Å². The molecule has 0 aliphatic rings. The summed E-state index contributed by atoms with van der Waals surface area (Å²) < 4.78 is 6.20. The van der Waals surface area contributed by atoms with Gasteiger partial charge in [0.2, 0.25) is 5.89 Å². The highest BCUT2D eigenvalue weighted by Crippen LogP contribution is 2.38. The molecular formula is C24H22ClN3O. The van der Waals surface area contributed by atoms with Crippen LogP contribution in [0.2, 0.25) is 5.02 Å². The standard InChI is InChI=1S/C24H22ClN3O/c1-3-28(4-2)18-14-12-17(13-15-18)23-22(19-9-5-6-10-20(19)25)27-24(29-23)21-11-7-8-16-26-21/h5-16H,3-4H2,1-2H3. The van der Waals surface area contributed by atoms with E-state index < -0.39 is 0 Å². The number of aromatic nitrogens is 2. The van der Waals surface area contributed by atoms with Gasteiger partial charge in [0.1, 0.15) is 11.4 Å². The molecule has 5 heteroatoms. The van der Waals surface area contributed by atoms with Crippen molar-refractivity contribution in [3.8, 4) is 34.2 Å². The van der Waals surface area contributed by atoms with Gasteiger partial charge in [0, 0.05) is 36.1 Å². The van der Waals surface area contributed by atoms with Crippen molar-refractivity contribution >= 4 is 17.3 Å². The van der Waals surface area contributed by atoms with Crippen LogP contribution < -0.4 is 4.90 Å². The summed E-state index contributed by atoms with van der Waals surface area (Å²) in [6, 6.07) is 21.7. The molecule has 0 aliphatic heterocycles. The van der Waals surface area contributed by atoms with Gasteiger partial charge < -0.3 is 9.32 Å². The Morgan fingerprint density at radius 2 is 1.62 bits per heavy atom. The average Bonchev–Trinajstić information content (AvgIpc) is 3.21. The van der Waals surface area contributed by atoms with Gasteiger partial charge in [-0.1, -0.05) is 35.9 Å². The zero-order valence-electron chi connectivity index (χ0n) is 16.5. The number of rotatable bonds is 6. The zero-order chi connectivity index (χ0) is 20.2. The summed E-state index contributed by atoms with van der Waals surface area (Å²) in [5, 5.41) is 0.634. The third-order valence-electron chi connectivity index (χ3n) is 4.90. The molecule has 2 aromatic carbocycles. The number of nitrogens with zero attached hydrogens (tertiary/aromatic N) is 3. The van der Waals surface area contributed by atoms with Crippen molar-refractivity contribution in [2.24, 2.45) is 0 Å². The van der Waals surface area contributed by atoms with Gasteiger partial charge in [0.15, 0.2) is 5.76 Å². The number of anilines is 1. The second-order valence-electron chi connectivity index (χ2n) is 6.61. The highest BCUT2D eigenvalue weighted by Gasteiger charge is 2.20. The molecule has 4 aromatic rings. The molecule has 2 aromatic heterocycles. The number of hydrogen-bond donors (Lipinski definition) is 0. The fraction of sp³-hybridized carbons (Fsp3) is 0.167. The van der Waals surface area contributed by atoms with Crippen molar-refractivity contribution in [3.05, 3.63) is 77.9 Å². The van der Waals surface area contributed by atoms with Gasteiger partial charge in [-0.3, -0.25) is 4.98 Å². The lowest BCUT2D eigenvalue weighted by atomic mass is 10.1. The molecule has 0 saturated carbocycles. The summed E-state index contributed by atoms with van der Waals surface area (Å²) in [6.07, 6.45) is 1.73. The summed E-state index contributed by atoms with van der Waals surface area (Å²) in [6.45, 7) is 6.24. The third kappa shape index (κ3) is 3.89. The molecule has 29 heavy (non-hydrogen) atoms. The summed E-state index contributed by atoms with van der Waals surface area (Å²) in [4.78, 5) is 11.4. The van der Waals surface area contributed by atoms with E-state index in [0.717, 1.165) is 24.2 Å². The number of oxazole rings is 1. The normalized spacial score (nSPS) is 10.9. The molecule has 0 saturated heterocycles. The molecule has 0 aliphatic carbocycles. The quantitative estimate of drug-likeness (QED) is 0.365. The van der Waals surface area contributed by atoms with Gasteiger partial charge in [-0.05, 0) is 56.3 Å². The van der Waals surface area contributed by atoms with Crippen LogP contribution >= 0.6 is 11.6 Å². The van der Waals surface area contributed by atoms with Crippen LogP contribution in [0.3, 0.4) is 0 Å². The van der Waals surface area contributed by atoms with E-state index >= 15 is 0 Å². The first kappa shape index (κ1) is 19.2. The first-order valence-electron chi connectivity index (χ1n) is 9.73. The zero-order valence-corrected chi connectivity index (χ0v) is 17.2. The fourth-order valence-corrected chi connectivity index (χ4v) is 3.59. The molecule has 4 rings (SSSR count). The molecule has 4 nitrogen and oxygen atoms in total. The maximum absolute atomic E-state index is 6.47. The van der Waals surface area contributed by atoms with Gasteiger partial charge in [-0.15, -0.1) is 0 Å². The Hall–Kier alpha value is -3.11. The van der Waals surface area contributed by atoms with E-state index in [0.29, 0.717) is 28.1 Å². The van der Waals surface area contributed by atoms with Crippen LogP contribution in [0, 0.1) is 0 Å². The van der Waals surface area contributed by atoms with Crippen molar-refractivity contribution in [2.45, 2.75) is 13.8 Å². The van der Waals surface area contributed by atoms with Crippen LogP contribution in [0.15, 0.2) is 77.3 Å². The molecule has 0 radical (unpaired) electrons. The number of halogens is 1. The predicted octanol–water partition coefficient (Wildman–Crippen LogP) is 6.57. The van der Waals surface area contributed by atoms with Crippen molar-refractivity contribution in [3.63, 3.8) is 0 Å². The molecule has 0 spiro atoms. The van der Waals surface area contributed by atoms with Gasteiger partial charge in [-0.25, -0.2) is 4.98 Å². The van der Waals surface area contributed by atoms with Crippen LogP contribution in [-0.2, 0) is 0 Å². The molecular weight excluding hydrogens is 382 g/mol. The molecule has 0 fully saturated rings. The third-order valence-corrected chi connectivity index (χ3v) is 5.23. The maximum atomic E-state index is 6.47. The minimum absolute atomic E-state index is 0.475. The van der Waals surface area contributed by atoms with E-state index in [9.17, 15) is 0 Å². The van der Waals surface area contributed by atoms with Gasteiger partial charge in [-0.2, -0.15) is 0 Å². The smallest absolute Gasteiger partial charge is 0.246 e. The van der Waals surface area contributed by atoms with E-state index in [1.54, 1.807) is 6.20 Å². The Kier molecular flexibility index (Phi) is 5.63. The average molecular weight is 404 g/mol. The molecule has 0 atom stereocenters. The van der Waals surface area contributed by atoms with Gasteiger partial charge in [0.05, 0.1) is 5.02 Å². The van der Waals surface area contributed by atoms with Crippen molar-refractivity contribution < 1.29 is 4.42 Å². The van der Waals surface area contributed by atoms with Crippen molar-refractivity contribution in [2.75, 3.05) is 18.0 Å². The lowest BCUT2D eigenvalue weighted by molar-refractivity contribution is 0.586. The van der Waals surface area contributed by atoms with E-state index in [2.05, 4.69) is 48.0 Å². The lowest BCUT2D eigenvalue weighted by Gasteiger charge is -2.21. The summed E-state index contributed by atoms with van der Waals surface area (Å²) in [5.41, 5.74) is 4.37. The highest BCUT2D eigenvalue weighted by molar-refractivity contribution is 6.33. The predicted molar refractivity (Wildman–Crippen MR) is 119 cm³/mol. The van der Waals surface area contributed by atoms with Crippen LogP contribution in [-0.4, -0.2) is 23.1 Å². The molecule has 2 heterocycles. The van der Waals surface area contributed by atoms with E-state index in [1.165, 1.54) is 5.69 Å². The summed E-state index contributed by atoms with van der Waals surface area (Å²) >= 11 is 6.47. The second kappa shape index (κ2) is 8.50. The Bertz CT molecular complexity index is 1090. The molecule has 0 amide bonds. The molecule has 146 valence electrons. The largest absolute Gasteiger partial charge is 0.434 e. The Labute approximate surface area is 175 Å². The Morgan fingerprint density at radius 3 is 2.28 bits per heavy atom. The summed E-state index contributed by atoms with van der Waals surface area (Å²) in [5.74, 6) is 1.16. The topological polar surface area (TPSA) is 42.2 Å². The minimum Gasteiger partial charge on any atom is -0.434 e. The SMILES string of the molecule is CCN(CC)c1ccc(-c2oc(-c3ccccn3)nc2-c2ccccc2Cl)cc1. The second-order valence-corrected chi connectivity index (χ2v) is 7.02. The Balaban J connectivity index is 1.83. The minimum atomic E-state index is 0.475. The van der Waals surface area contributed by atoms with Crippen LogP contribution in [0.4, 0.5) is 5.69 Å². The lowest BCUT2D eigenvalue weighted by Crippen LogP contribution is -2.21. The molecule has 0 N–H and O–H groups in total. The first-order valence-corrected chi connectivity index (χ1v) is 10.1. The Morgan fingerprint density at radius 1 is 0.897 bits per heavy atom. The maximum Gasteiger partial charge on any atom is 0.246 e. The molecule has 0 bridgehead atoms. The molecule has 0 unspecified atom stereocenters. The fourth-order valence-electron chi connectivity index (χ4n) is 3.36. The monoisotopic (exact) mass is 403 g/mol. The van der Waals surface area contributed by atoms with E-state index in [4.69, 9.17) is 21.0 Å². The number of hydrogen-bond acceptors (Lipinski definition) is 4. The van der Waals surface area contributed by atoms with Crippen LogP contribution in [0.25, 0.3) is 34.2 Å². The van der Waals surface area contributed by atoms with E-state index in [1.807, 2.05) is 42.5 Å². The van der Waals surface area contributed by atoms with E-state index in [-0.39, 0.29) is 0 Å².